The fourth-order valence-electron chi connectivity index (χ4n) is 1.06. The number of carboxylic acid groups (broad SMARTS) is 1. The van der Waals surface area contributed by atoms with Crippen molar-refractivity contribution in [3.8, 4) is 0 Å². The van der Waals surface area contributed by atoms with Crippen LogP contribution in [0.1, 0.15) is 25.7 Å². The van der Waals surface area contributed by atoms with E-state index >= 15 is 0 Å². The summed E-state index contributed by atoms with van der Waals surface area (Å²) >= 11 is 0. The van der Waals surface area contributed by atoms with Crippen molar-refractivity contribution in [3.05, 3.63) is 0 Å². The van der Waals surface area contributed by atoms with E-state index in [0.717, 1.165) is 12.8 Å². The summed E-state index contributed by atoms with van der Waals surface area (Å²) in [5.74, 6) is -1.42. The Morgan fingerprint density at radius 2 is 2.08 bits per heavy atom. The molecule has 0 heterocycles. The summed E-state index contributed by atoms with van der Waals surface area (Å²) in [6, 6.07) is 0. The normalized spacial score (nSPS) is 12.8. The lowest BCUT2D eigenvalue weighted by Gasteiger charge is -2.08. The zero-order chi connectivity index (χ0) is 9.40. The van der Waals surface area contributed by atoms with Crippen LogP contribution in [0.2, 0.25) is 0 Å². The number of rotatable bonds is 7. The molecule has 3 nitrogen and oxygen atoms in total. The molecule has 72 valence electrons. The number of alkyl halides is 1. The fraction of sp³-hybridized carbons (Fsp3) is 0.875. The predicted octanol–water partition coefficient (Wildman–Crippen LogP) is 1.18. The monoisotopic (exact) mass is 177 g/mol. The minimum atomic E-state index is -0.898. The van der Waals surface area contributed by atoms with Gasteiger partial charge in [-0.2, -0.15) is 0 Å². The Morgan fingerprint density at radius 3 is 2.50 bits per heavy atom. The van der Waals surface area contributed by atoms with Crippen LogP contribution < -0.4 is 5.73 Å². The third-order valence-electron chi connectivity index (χ3n) is 1.81. The van der Waals surface area contributed by atoms with Crippen molar-refractivity contribution in [1.29, 1.82) is 0 Å². The second kappa shape index (κ2) is 7.03. The van der Waals surface area contributed by atoms with E-state index in [2.05, 4.69) is 0 Å². The van der Waals surface area contributed by atoms with Crippen molar-refractivity contribution in [2.24, 2.45) is 11.7 Å². The van der Waals surface area contributed by atoms with Gasteiger partial charge in [-0.15, -0.1) is 0 Å². The van der Waals surface area contributed by atoms with Crippen LogP contribution >= 0.6 is 0 Å². The molecule has 1 atom stereocenters. The summed E-state index contributed by atoms with van der Waals surface area (Å²) in [6.45, 7) is 0.0154. The second-order valence-corrected chi connectivity index (χ2v) is 2.80. The minimum absolute atomic E-state index is 0.125. The molecular weight excluding hydrogens is 161 g/mol. The number of carbonyl (C=O) groups is 1. The van der Waals surface area contributed by atoms with E-state index in [4.69, 9.17) is 10.8 Å². The van der Waals surface area contributed by atoms with E-state index in [1.165, 1.54) is 0 Å². The molecule has 0 aromatic rings. The van der Waals surface area contributed by atoms with E-state index in [-0.39, 0.29) is 6.42 Å². The van der Waals surface area contributed by atoms with E-state index in [9.17, 15) is 9.18 Å². The fourth-order valence-corrected chi connectivity index (χ4v) is 1.06. The Kier molecular flexibility index (Phi) is 6.66. The Morgan fingerprint density at radius 1 is 1.42 bits per heavy atom. The predicted molar refractivity (Wildman–Crippen MR) is 44.6 cm³/mol. The number of hydrogen-bond acceptors (Lipinski definition) is 2. The molecule has 0 spiro atoms. The molecule has 0 fully saturated rings. The maximum atomic E-state index is 11.8. The number of aliphatic carboxylic acids is 1. The molecule has 0 saturated heterocycles. The molecule has 12 heavy (non-hydrogen) atoms. The Hall–Kier alpha value is -0.640. The van der Waals surface area contributed by atoms with Crippen LogP contribution in [0.15, 0.2) is 0 Å². The number of hydrogen-bond donors (Lipinski definition) is 2. The van der Waals surface area contributed by atoms with Crippen LogP contribution in [0.25, 0.3) is 0 Å². The highest BCUT2D eigenvalue weighted by molar-refractivity contribution is 5.69. The van der Waals surface area contributed by atoms with Crippen molar-refractivity contribution in [1.82, 2.24) is 0 Å². The second-order valence-electron chi connectivity index (χ2n) is 2.80. The van der Waals surface area contributed by atoms with Crippen LogP contribution in [0, 0.1) is 5.92 Å². The molecule has 1 unspecified atom stereocenters. The SMILES string of the molecule is NCCCCC(CCF)C(=O)O. The van der Waals surface area contributed by atoms with Crippen molar-refractivity contribution in [3.63, 3.8) is 0 Å². The Balaban J connectivity index is 3.56. The number of halogens is 1. The van der Waals surface area contributed by atoms with E-state index in [1.54, 1.807) is 0 Å². The molecule has 0 aromatic carbocycles. The maximum absolute atomic E-state index is 11.8. The van der Waals surface area contributed by atoms with Crippen LogP contribution in [0.5, 0.6) is 0 Å². The van der Waals surface area contributed by atoms with Crippen molar-refractivity contribution in [2.75, 3.05) is 13.2 Å². The van der Waals surface area contributed by atoms with Crippen molar-refractivity contribution in [2.45, 2.75) is 25.7 Å². The summed E-state index contributed by atoms with van der Waals surface area (Å²) < 4.78 is 11.8. The van der Waals surface area contributed by atoms with E-state index < -0.39 is 18.6 Å². The largest absolute Gasteiger partial charge is 0.481 e. The summed E-state index contributed by atoms with van der Waals surface area (Å²) in [4.78, 5) is 10.5. The molecule has 0 aliphatic carbocycles. The first kappa shape index (κ1) is 11.4. The van der Waals surface area contributed by atoms with Gasteiger partial charge in [0.15, 0.2) is 0 Å². The quantitative estimate of drug-likeness (QED) is 0.574. The van der Waals surface area contributed by atoms with Crippen LogP contribution in [0.4, 0.5) is 4.39 Å². The van der Waals surface area contributed by atoms with Gasteiger partial charge in [-0.25, -0.2) is 0 Å². The molecule has 4 heteroatoms. The average Bonchev–Trinajstić information content (AvgIpc) is 2.03. The number of nitrogens with two attached hydrogens (primary N) is 1. The molecule has 0 bridgehead atoms. The first-order chi connectivity index (χ1) is 5.72. The van der Waals surface area contributed by atoms with Gasteiger partial charge >= 0.3 is 5.97 Å². The van der Waals surface area contributed by atoms with Gasteiger partial charge in [0.1, 0.15) is 0 Å². The maximum Gasteiger partial charge on any atom is 0.306 e. The highest BCUT2D eigenvalue weighted by Crippen LogP contribution is 2.12. The lowest BCUT2D eigenvalue weighted by Crippen LogP contribution is -2.14. The van der Waals surface area contributed by atoms with Gasteiger partial charge < -0.3 is 10.8 Å². The minimum Gasteiger partial charge on any atom is -0.481 e. The highest BCUT2D eigenvalue weighted by Gasteiger charge is 2.15. The zero-order valence-electron chi connectivity index (χ0n) is 7.13. The molecule has 0 aliphatic rings. The molecule has 3 N–H and O–H groups in total. The van der Waals surface area contributed by atoms with Crippen molar-refractivity contribution >= 4 is 5.97 Å². The summed E-state index contributed by atoms with van der Waals surface area (Å²) in [7, 11) is 0. The van der Waals surface area contributed by atoms with Gasteiger partial charge in [-0.1, -0.05) is 6.42 Å². The number of unbranched alkanes of at least 4 members (excludes halogenated alkanes) is 1. The van der Waals surface area contributed by atoms with Gasteiger partial charge in [-0.05, 0) is 25.8 Å². The molecule has 0 aromatic heterocycles. The third-order valence-corrected chi connectivity index (χ3v) is 1.81. The van der Waals surface area contributed by atoms with Crippen molar-refractivity contribution < 1.29 is 14.3 Å². The molecule has 0 radical (unpaired) electrons. The summed E-state index contributed by atoms with van der Waals surface area (Å²) in [5.41, 5.74) is 5.24. The van der Waals surface area contributed by atoms with Gasteiger partial charge in [0.25, 0.3) is 0 Å². The van der Waals surface area contributed by atoms with E-state index in [0.29, 0.717) is 13.0 Å². The van der Waals surface area contributed by atoms with Gasteiger partial charge in [0.2, 0.25) is 0 Å². The zero-order valence-corrected chi connectivity index (χ0v) is 7.13. The van der Waals surface area contributed by atoms with Gasteiger partial charge in [-0.3, -0.25) is 9.18 Å². The Labute approximate surface area is 71.8 Å². The average molecular weight is 177 g/mol. The lowest BCUT2D eigenvalue weighted by molar-refractivity contribution is -0.142. The van der Waals surface area contributed by atoms with Gasteiger partial charge in [0, 0.05) is 0 Å². The Bertz CT molecular complexity index is 130. The first-order valence-corrected chi connectivity index (χ1v) is 4.21. The number of carboxylic acids is 1. The van der Waals surface area contributed by atoms with E-state index in [1.807, 2.05) is 0 Å². The summed E-state index contributed by atoms with van der Waals surface area (Å²) in [6.07, 6.45) is 2.25. The molecule has 0 saturated carbocycles. The smallest absolute Gasteiger partial charge is 0.306 e. The first-order valence-electron chi connectivity index (χ1n) is 4.21. The standard InChI is InChI=1S/C8H16FNO2/c9-5-4-7(8(11)12)3-1-2-6-10/h7H,1-6,10H2,(H,11,12). The van der Waals surface area contributed by atoms with Crippen LogP contribution in [0.3, 0.4) is 0 Å². The topological polar surface area (TPSA) is 63.3 Å². The molecular formula is C8H16FNO2. The van der Waals surface area contributed by atoms with Crippen LogP contribution in [-0.2, 0) is 4.79 Å². The summed E-state index contributed by atoms with van der Waals surface area (Å²) in [5, 5.41) is 8.61. The molecule has 0 aliphatic heterocycles. The lowest BCUT2D eigenvalue weighted by atomic mass is 9.99. The van der Waals surface area contributed by atoms with Crippen LogP contribution in [-0.4, -0.2) is 24.3 Å². The highest BCUT2D eigenvalue weighted by atomic mass is 19.1. The molecule has 0 rings (SSSR count). The van der Waals surface area contributed by atoms with Gasteiger partial charge in [0.05, 0.1) is 12.6 Å². The molecule has 0 amide bonds. The third kappa shape index (κ3) is 5.07.